The highest BCUT2D eigenvalue weighted by molar-refractivity contribution is 4.95. The maximum Gasteiger partial charge on any atom is 0.153 e. The molecule has 1 unspecified atom stereocenters. The van der Waals surface area contributed by atoms with Gasteiger partial charge in [-0.1, -0.05) is 33.6 Å². The quantitative estimate of drug-likeness (QED) is 0.758. The smallest absolute Gasteiger partial charge is 0.153 e. The Labute approximate surface area is 80.0 Å². The van der Waals surface area contributed by atoms with Gasteiger partial charge in [-0.15, -0.1) is 0 Å². The van der Waals surface area contributed by atoms with Crippen molar-refractivity contribution in [2.75, 3.05) is 0 Å². The summed E-state index contributed by atoms with van der Waals surface area (Å²) in [5.74, 6) is 2.47. The molecule has 1 aromatic heterocycles. The summed E-state index contributed by atoms with van der Waals surface area (Å²) in [4.78, 5) is 4.41. The summed E-state index contributed by atoms with van der Waals surface area (Å²) in [5, 5.41) is 7.16. The number of unbranched alkanes of at least 4 members (excludes halogenated alkanes) is 1. The first-order valence-electron chi connectivity index (χ1n) is 5.19. The van der Waals surface area contributed by atoms with E-state index in [-0.39, 0.29) is 0 Å². The summed E-state index contributed by atoms with van der Waals surface area (Å²) < 4.78 is 0. The van der Waals surface area contributed by atoms with Crippen LogP contribution in [0.2, 0.25) is 0 Å². The minimum Gasteiger partial charge on any atom is -0.263 e. The number of hydrogen-bond donors (Lipinski definition) is 1. The molecule has 1 atom stereocenters. The summed E-state index contributed by atoms with van der Waals surface area (Å²) in [5.41, 5.74) is 0. The number of aryl methyl sites for hydroxylation is 1. The van der Waals surface area contributed by atoms with Gasteiger partial charge in [0.1, 0.15) is 5.82 Å². The van der Waals surface area contributed by atoms with Crippen LogP contribution in [0.4, 0.5) is 0 Å². The van der Waals surface area contributed by atoms with E-state index in [2.05, 4.69) is 36.0 Å². The minimum atomic E-state index is 0.497. The first-order valence-corrected chi connectivity index (χ1v) is 5.19. The third-order valence-electron chi connectivity index (χ3n) is 2.32. The van der Waals surface area contributed by atoms with Crippen LogP contribution in [0.25, 0.3) is 0 Å². The maximum absolute atomic E-state index is 4.41. The van der Waals surface area contributed by atoms with E-state index in [1.807, 2.05) is 0 Å². The van der Waals surface area contributed by atoms with E-state index in [9.17, 15) is 0 Å². The topological polar surface area (TPSA) is 41.6 Å². The lowest BCUT2D eigenvalue weighted by Gasteiger charge is -2.04. The molecule has 1 heterocycles. The molecule has 0 radical (unpaired) electrons. The van der Waals surface area contributed by atoms with Crippen molar-refractivity contribution in [3.8, 4) is 0 Å². The fourth-order valence-corrected chi connectivity index (χ4v) is 1.33. The summed E-state index contributed by atoms with van der Waals surface area (Å²) in [6.07, 6.45) is 4.64. The van der Waals surface area contributed by atoms with Gasteiger partial charge in [-0.05, 0) is 6.42 Å². The number of H-pyrrole nitrogens is 1. The van der Waals surface area contributed by atoms with Gasteiger partial charge in [0.25, 0.3) is 0 Å². The van der Waals surface area contributed by atoms with E-state index < -0.39 is 0 Å². The molecular weight excluding hydrogens is 162 g/mol. The van der Waals surface area contributed by atoms with Gasteiger partial charge in [-0.2, -0.15) is 5.10 Å². The van der Waals surface area contributed by atoms with Gasteiger partial charge in [0.05, 0.1) is 0 Å². The van der Waals surface area contributed by atoms with Crippen LogP contribution in [-0.2, 0) is 6.42 Å². The van der Waals surface area contributed by atoms with Crippen LogP contribution in [0.5, 0.6) is 0 Å². The van der Waals surface area contributed by atoms with Crippen molar-refractivity contribution in [2.24, 2.45) is 0 Å². The largest absolute Gasteiger partial charge is 0.263 e. The molecule has 1 rings (SSSR count). The Kier molecular flexibility index (Phi) is 3.93. The highest BCUT2D eigenvalue weighted by atomic mass is 15.2. The SMILES string of the molecule is CCCCC(C)c1n[nH]c(CC)n1. The molecule has 0 fully saturated rings. The summed E-state index contributed by atoms with van der Waals surface area (Å²) >= 11 is 0. The number of hydrogen-bond acceptors (Lipinski definition) is 2. The fourth-order valence-electron chi connectivity index (χ4n) is 1.33. The molecule has 74 valence electrons. The standard InChI is InChI=1S/C10H19N3/c1-4-6-7-8(3)10-11-9(5-2)12-13-10/h8H,4-7H2,1-3H3,(H,11,12,13). The van der Waals surface area contributed by atoms with Gasteiger partial charge in [-0.25, -0.2) is 4.98 Å². The molecule has 0 aliphatic heterocycles. The highest BCUT2D eigenvalue weighted by Gasteiger charge is 2.09. The summed E-state index contributed by atoms with van der Waals surface area (Å²) in [7, 11) is 0. The van der Waals surface area contributed by atoms with E-state index in [1.165, 1.54) is 19.3 Å². The molecule has 0 aliphatic rings. The maximum atomic E-state index is 4.41. The van der Waals surface area contributed by atoms with Gasteiger partial charge in [-0.3, -0.25) is 5.10 Å². The first kappa shape index (κ1) is 10.2. The fraction of sp³-hybridized carbons (Fsp3) is 0.800. The van der Waals surface area contributed by atoms with Crippen molar-refractivity contribution in [1.82, 2.24) is 15.2 Å². The predicted molar refractivity (Wildman–Crippen MR) is 53.7 cm³/mol. The Balaban J connectivity index is 2.50. The number of nitrogens with one attached hydrogen (secondary N) is 1. The van der Waals surface area contributed by atoms with E-state index in [1.54, 1.807) is 0 Å². The second kappa shape index (κ2) is 5.00. The Morgan fingerprint density at radius 2 is 2.15 bits per heavy atom. The first-order chi connectivity index (χ1) is 6.27. The van der Waals surface area contributed by atoms with Gasteiger partial charge in [0, 0.05) is 12.3 Å². The zero-order valence-corrected chi connectivity index (χ0v) is 8.80. The molecular formula is C10H19N3. The second-order valence-electron chi connectivity index (χ2n) is 3.54. The van der Waals surface area contributed by atoms with Crippen LogP contribution in [0.1, 0.15) is 57.6 Å². The third-order valence-corrected chi connectivity index (χ3v) is 2.32. The Hall–Kier alpha value is -0.860. The van der Waals surface area contributed by atoms with Crippen molar-refractivity contribution >= 4 is 0 Å². The van der Waals surface area contributed by atoms with Crippen molar-refractivity contribution < 1.29 is 0 Å². The lowest BCUT2D eigenvalue weighted by Crippen LogP contribution is -1.96. The zero-order valence-electron chi connectivity index (χ0n) is 8.80. The van der Waals surface area contributed by atoms with Crippen molar-refractivity contribution in [2.45, 2.75) is 52.4 Å². The third kappa shape index (κ3) is 2.83. The number of aromatic amines is 1. The minimum absolute atomic E-state index is 0.497. The number of aromatic nitrogens is 3. The van der Waals surface area contributed by atoms with E-state index >= 15 is 0 Å². The van der Waals surface area contributed by atoms with Crippen LogP contribution >= 0.6 is 0 Å². The van der Waals surface area contributed by atoms with Crippen LogP contribution in [0.15, 0.2) is 0 Å². The molecule has 3 heteroatoms. The predicted octanol–water partition coefficient (Wildman–Crippen LogP) is 2.66. The monoisotopic (exact) mass is 181 g/mol. The molecule has 0 saturated heterocycles. The average Bonchev–Trinajstić information content (AvgIpc) is 2.62. The lowest BCUT2D eigenvalue weighted by molar-refractivity contribution is 0.597. The molecule has 3 nitrogen and oxygen atoms in total. The van der Waals surface area contributed by atoms with Crippen molar-refractivity contribution in [1.29, 1.82) is 0 Å². The van der Waals surface area contributed by atoms with E-state index in [4.69, 9.17) is 0 Å². The summed E-state index contributed by atoms with van der Waals surface area (Å²) in [6, 6.07) is 0. The van der Waals surface area contributed by atoms with Crippen LogP contribution < -0.4 is 0 Å². The highest BCUT2D eigenvalue weighted by Crippen LogP contribution is 2.17. The molecule has 1 aromatic rings. The van der Waals surface area contributed by atoms with Gasteiger partial charge >= 0.3 is 0 Å². The summed E-state index contributed by atoms with van der Waals surface area (Å²) in [6.45, 7) is 6.49. The lowest BCUT2D eigenvalue weighted by atomic mass is 10.0. The molecule has 0 spiro atoms. The van der Waals surface area contributed by atoms with Crippen LogP contribution in [0, 0.1) is 0 Å². The molecule has 13 heavy (non-hydrogen) atoms. The van der Waals surface area contributed by atoms with Crippen LogP contribution in [-0.4, -0.2) is 15.2 Å². The van der Waals surface area contributed by atoms with E-state index in [0.717, 1.165) is 18.1 Å². The molecule has 0 bridgehead atoms. The van der Waals surface area contributed by atoms with Gasteiger partial charge in [0.2, 0.25) is 0 Å². The Morgan fingerprint density at radius 3 is 2.69 bits per heavy atom. The molecule has 0 aliphatic carbocycles. The Bertz CT molecular complexity index is 242. The zero-order chi connectivity index (χ0) is 9.68. The van der Waals surface area contributed by atoms with E-state index in [0.29, 0.717) is 5.92 Å². The van der Waals surface area contributed by atoms with Crippen molar-refractivity contribution in [3.05, 3.63) is 11.6 Å². The molecule has 1 N–H and O–H groups in total. The van der Waals surface area contributed by atoms with Crippen molar-refractivity contribution in [3.63, 3.8) is 0 Å². The number of rotatable bonds is 5. The number of nitrogens with zero attached hydrogens (tertiary/aromatic N) is 2. The molecule has 0 aromatic carbocycles. The normalized spacial score (nSPS) is 13.2. The van der Waals surface area contributed by atoms with Crippen LogP contribution in [0.3, 0.4) is 0 Å². The van der Waals surface area contributed by atoms with Gasteiger partial charge in [0.15, 0.2) is 5.82 Å². The molecule has 0 amide bonds. The average molecular weight is 181 g/mol. The second-order valence-corrected chi connectivity index (χ2v) is 3.54. The van der Waals surface area contributed by atoms with Gasteiger partial charge < -0.3 is 0 Å². The molecule has 0 saturated carbocycles. The Morgan fingerprint density at radius 1 is 1.38 bits per heavy atom.